The third-order valence-electron chi connectivity index (χ3n) is 6.18. The van der Waals surface area contributed by atoms with Crippen LogP contribution in [0.2, 0.25) is 0 Å². The molecule has 1 atom stereocenters. The predicted octanol–water partition coefficient (Wildman–Crippen LogP) is 5.15. The van der Waals surface area contributed by atoms with Crippen molar-refractivity contribution in [3.05, 3.63) is 20.3 Å². The molecule has 0 saturated heterocycles. The summed E-state index contributed by atoms with van der Waals surface area (Å²) in [7, 11) is 2.17. The molecule has 1 nitrogen and oxygen atoms in total. The number of nitrogens with one attached hydrogen (secondary N) is 1. The van der Waals surface area contributed by atoms with Crippen molar-refractivity contribution in [3.63, 3.8) is 0 Å². The number of halogens is 1. The molecule has 3 heteroatoms. The third kappa shape index (κ3) is 2.12. The van der Waals surface area contributed by atoms with E-state index < -0.39 is 0 Å². The molecular formula is C17H24BrNS. The van der Waals surface area contributed by atoms with Crippen molar-refractivity contribution in [2.75, 3.05) is 7.05 Å². The Labute approximate surface area is 134 Å². The lowest BCUT2D eigenvalue weighted by atomic mass is 9.50. The second kappa shape index (κ2) is 5.10. The van der Waals surface area contributed by atoms with Gasteiger partial charge in [0.15, 0.2) is 0 Å². The second-order valence-corrected chi connectivity index (χ2v) is 9.78. The molecule has 1 aromatic heterocycles. The SMILES string of the molecule is CNC(c1cc(C)c(Br)s1)C1C2CC3CC(C2)CC1C3. The van der Waals surface area contributed by atoms with E-state index in [1.54, 1.807) is 11.3 Å². The molecule has 20 heavy (non-hydrogen) atoms. The minimum absolute atomic E-state index is 0.583. The molecule has 4 fully saturated rings. The Hall–Kier alpha value is 0.140. The van der Waals surface area contributed by atoms with Crippen LogP contribution in [-0.2, 0) is 0 Å². The summed E-state index contributed by atoms with van der Waals surface area (Å²) in [4.78, 5) is 1.55. The van der Waals surface area contributed by atoms with Crippen molar-refractivity contribution in [2.24, 2.45) is 29.6 Å². The fourth-order valence-electron chi connectivity index (χ4n) is 5.67. The van der Waals surface area contributed by atoms with Crippen LogP contribution in [0, 0.1) is 36.5 Å². The van der Waals surface area contributed by atoms with Gasteiger partial charge in [-0.3, -0.25) is 0 Å². The first-order valence-corrected chi connectivity index (χ1v) is 9.69. The summed E-state index contributed by atoms with van der Waals surface area (Å²) in [6.07, 6.45) is 7.61. The van der Waals surface area contributed by atoms with Gasteiger partial charge in [0.25, 0.3) is 0 Å². The standard InChI is InChI=1S/C17H24BrNS/c1-9-3-14(20-17(9)18)16(19-2)15-12-5-10-4-11(7-12)8-13(15)6-10/h3,10-13,15-16,19H,4-8H2,1-2H3. The Morgan fingerprint density at radius 1 is 1.15 bits per heavy atom. The zero-order valence-corrected chi connectivity index (χ0v) is 14.8. The molecule has 4 aliphatic rings. The lowest BCUT2D eigenvalue weighted by Gasteiger charge is -2.56. The van der Waals surface area contributed by atoms with E-state index in [2.05, 4.69) is 41.3 Å². The number of rotatable bonds is 3. The maximum atomic E-state index is 3.71. The van der Waals surface area contributed by atoms with Gasteiger partial charge in [0, 0.05) is 10.9 Å². The van der Waals surface area contributed by atoms with Gasteiger partial charge in [-0.15, -0.1) is 11.3 Å². The maximum absolute atomic E-state index is 3.71. The Bertz CT molecular complexity index is 462. The van der Waals surface area contributed by atoms with Crippen LogP contribution >= 0.6 is 27.3 Å². The largest absolute Gasteiger partial charge is 0.312 e. The van der Waals surface area contributed by atoms with Gasteiger partial charge in [-0.2, -0.15) is 0 Å². The summed E-state index contributed by atoms with van der Waals surface area (Å²) in [6.45, 7) is 2.22. The lowest BCUT2D eigenvalue weighted by Crippen LogP contribution is -2.49. The Balaban J connectivity index is 1.64. The monoisotopic (exact) mass is 353 g/mol. The zero-order valence-electron chi connectivity index (χ0n) is 12.4. The Morgan fingerprint density at radius 2 is 1.75 bits per heavy atom. The van der Waals surface area contributed by atoms with Crippen LogP contribution in [0.4, 0.5) is 0 Å². The van der Waals surface area contributed by atoms with E-state index in [-0.39, 0.29) is 0 Å². The summed E-state index contributed by atoms with van der Waals surface area (Å²) in [6, 6.07) is 2.99. The van der Waals surface area contributed by atoms with E-state index in [0.717, 1.165) is 29.6 Å². The van der Waals surface area contributed by atoms with Crippen molar-refractivity contribution in [3.8, 4) is 0 Å². The van der Waals surface area contributed by atoms with E-state index in [4.69, 9.17) is 0 Å². The van der Waals surface area contributed by atoms with E-state index >= 15 is 0 Å². The molecule has 4 bridgehead atoms. The fraction of sp³-hybridized carbons (Fsp3) is 0.765. The smallest absolute Gasteiger partial charge is 0.0731 e. The Morgan fingerprint density at radius 3 is 2.20 bits per heavy atom. The summed E-state index contributed by atoms with van der Waals surface area (Å²) in [5.41, 5.74) is 1.40. The highest BCUT2D eigenvalue weighted by atomic mass is 79.9. The summed E-state index contributed by atoms with van der Waals surface area (Å²) >= 11 is 5.65. The van der Waals surface area contributed by atoms with E-state index in [9.17, 15) is 0 Å². The fourth-order valence-corrected chi connectivity index (χ4v) is 7.41. The third-order valence-corrected chi connectivity index (χ3v) is 8.40. The first-order valence-electron chi connectivity index (χ1n) is 8.08. The highest BCUT2D eigenvalue weighted by molar-refractivity contribution is 9.11. The van der Waals surface area contributed by atoms with Gasteiger partial charge in [0.2, 0.25) is 0 Å². The summed E-state index contributed by atoms with van der Waals surface area (Å²) < 4.78 is 1.32. The van der Waals surface area contributed by atoms with Crippen LogP contribution in [0.25, 0.3) is 0 Å². The minimum Gasteiger partial charge on any atom is -0.312 e. The minimum atomic E-state index is 0.583. The van der Waals surface area contributed by atoms with E-state index in [1.807, 2.05) is 11.3 Å². The molecule has 1 aromatic rings. The first-order chi connectivity index (χ1) is 9.65. The van der Waals surface area contributed by atoms with Gasteiger partial charge in [0.1, 0.15) is 0 Å². The van der Waals surface area contributed by atoms with Crippen LogP contribution in [0.3, 0.4) is 0 Å². The molecule has 0 aromatic carbocycles. The zero-order chi connectivity index (χ0) is 13.9. The van der Waals surface area contributed by atoms with Crippen LogP contribution in [-0.4, -0.2) is 7.05 Å². The van der Waals surface area contributed by atoms with E-state index in [1.165, 1.54) is 35.0 Å². The highest BCUT2D eigenvalue weighted by Crippen LogP contribution is 2.59. The molecule has 1 heterocycles. The predicted molar refractivity (Wildman–Crippen MR) is 89.1 cm³/mol. The Kier molecular flexibility index (Phi) is 3.51. The van der Waals surface area contributed by atoms with Gasteiger partial charge in [-0.05, 0) is 103 Å². The van der Waals surface area contributed by atoms with Crippen LogP contribution in [0.5, 0.6) is 0 Å². The van der Waals surface area contributed by atoms with Gasteiger partial charge in [0.05, 0.1) is 3.79 Å². The molecule has 4 saturated carbocycles. The molecule has 0 aliphatic heterocycles. The topological polar surface area (TPSA) is 12.0 Å². The van der Waals surface area contributed by atoms with Crippen molar-refractivity contribution in [1.82, 2.24) is 5.32 Å². The summed E-state index contributed by atoms with van der Waals surface area (Å²) in [5, 5.41) is 3.68. The average molecular weight is 354 g/mol. The van der Waals surface area contributed by atoms with Crippen molar-refractivity contribution < 1.29 is 0 Å². The second-order valence-electron chi connectivity index (χ2n) is 7.38. The highest BCUT2D eigenvalue weighted by Gasteiger charge is 2.50. The number of thiophene rings is 1. The van der Waals surface area contributed by atoms with Gasteiger partial charge >= 0.3 is 0 Å². The van der Waals surface area contributed by atoms with Gasteiger partial charge in [-0.25, -0.2) is 0 Å². The molecule has 0 spiro atoms. The molecule has 0 amide bonds. The molecule has 1 unspecified atom stereocenters. The quantitative estimate of drug-likeness (QED) is 0.791. The van der Waals surface area contributed by atoms with Crippen LogP contribution in [0.1, 0.15) is 48.6 Å². The molecule has 1 N–H and O–H groups in total. The molecule has 0 radical (unpaired) electrons. The van der Waals surface area contributed by atoms with Gasteiger partial charge in [-0.1, -0.05) is 0 Å². The van der Waals surface area contributed by atoms with Crippen molar-refractivity contribution in [1.29, 1.82) is 0 Å². The number of aryl methyl sites for hydroxylation is 1. The van der Waals surface area contributed by atoms with Crippen molar-refractivity contribution in [2.45, 2.75) is 45.1 Å². The molecular weight excluding hydrogens is 330 g/mol. The number of hydrogen-bond donors (Lipinski definition) is 1. The molecule has 4 aliphatic carbocycles. The summed E-state index contributed by atoms with van der Waals surface area (Å²) in [5.74, 6) is 5.01. The first kappa shape index (κ1) is 13.8. The van der Waals surface area contributed by atoms with Gasteiger partial charge < -0.3 is 5.32 Å². The average Bonchev–Trinajstić information content (AvgIpc) is 2.72. The van der Waals surface area contributed by atoms with Crippen molar-refractivity contribution >= 4 is 27.3 Å². The normalized spacial score (nSPS) is 40.2. The van der Waals surface area contributed by atoms with Crippen LogP contribution in [0.15, 0.2) is 9.85 Å². The number of hydrogen-bond acceptors (Lipinski definition) is 2. The maximum Gasteiger partial charge on any atom is 0.0731 e. The molecule has 5 rings (SSSR count). The lowest BCUT2D eigenvalue weighted by molar-refractivity contribution is -0.0510. The van der Waals surface area contributed by atoms with Crippen LogP contribution < -0.4 is 5.32 Å². The van der Waals surface area contributed by atoms with E-state index in [0.29, 0.717) is 6.04 Å². The molecule has 110 valence electrons.